The number of nitrogen functional groups attached to an aromatic ring is 1. The molecule has 0 atom stereocenters. The number of hydrogen-bond acceptors (Lipinski definition) is 2. The second kappa shape index (κ2) is 4.22. The van der Waals surface area contributed by atoms with Gasteiger partial charge in [0.25, 0.3) is 0 Å². The van der Waals surface area contributed by atoms with Crippen molar-refractivity contribution in [3.05, 3.63) is 60.3 Å². The Morgan fingerprint density at radius 3 is 2.61 bits per heavy atom. The van der Waals surface area contributed by atoms with Gasteiger partial charge in [-0.2, -0.15) is 0 Å². The van der Waals surface area contributed by atoms with Crippen LogP contribution in [0.2, 0.25) is 0 Å². The summed E-state index contributed by atoms with van der Waals surface area (Å²) in [6.07, 6.45) is 6.51. The molecule has 0 bridgehead atoms. The molecule has 2 nitrogen and oxygen atoms in total. The van der Waals surface area contributed by atoms with E-state index in [0.717, 1.165) is 17.6 Å². The molecule has 0 spiro atoms. The van der Waals surface area contributed by atoms with Crippen LogP contribution >= 0.6 is 0 Å². The summed E-state index contributed by atoms with van der Waals surface area (Å²) in [5.41, 5.74) is 9.39. The first-order valence-electron chi connectivity index (χ1n) is 6.12. The molecule has 1 aliphatic rings. The van der Waals surface area contributed by atoms with Gasteiger partial charge in [0, 0.05) is 24.7 Å². The third-order valence-corrected chi connectivity index (χ3v) is 3.37. The van der Waals surface area contributed by atoms with E-state index in [0.29, 0.717) is 0 Å². The van der Waals surface area contributed by atoms with Crippen molar-refractivity contribution in [3.8, 4) is 0 Å². The van der Waals surface area contributed by atoms with Crippen molar-refractivity contribution in [1.82, 2.24) is 4.90 Å². The fraction of sp³-hybridized carbons (Fsp3) is 0.125. The zero-order valence-corrected chi connectivity index (χ0v) is 10.4. The Labute approximate surface area is 107 Å². The molecule has 0 unspecified atom stereocenters. The van der Waals surface area contributed by atoms with Crippen molar-refractivity contribution in [2.75, 3.05) is 19.3 Å². The fourth-order valence-corrected chi connectivity index (χ4v) is 2.36. The summed E-state index contributed by atoms with van der Waals surface area (Å²) in [7, 11) is 2.07. The van der Waals surface area contributed by atoms with E-state index in [1.54, 1.807) is 0 Å². The van der Waals surface area contributed by atoms with Gasteiger partial charge >= 0.3 is 0 Å². The molecule has 0 saturated carbocycles. The van der Waals surface area contributed by atoms with Crippen molar-refractivity contribution in [2.24, 2.45) is 0 Å². The Bertz CT molecular complexity index is 653. The molecule has 2 aromatic rings. The molecule has 1 aliphatic heterocycles. The summed E-state index contributed by atoms with van der Waals surface area (Å²) in [5.74, 6) is 0. The third kappa shape index (κ3) is 1.76. The highest BCUT2D eigenvalue weighted by atomic mass is 15.1. The lowest BCUT2D eigenvalue weighted by atomic mass is 9.96. The summed E-state index contributed by atoms with van der Waals surface area (Å²) in [6.45, 7) is 0.949. The van der Waals surface area contributed by atoms with Crippen LogP contribution in [0.4, 0.5) is 5.69 Å². The quantitative estimate of drug-likeness (QED) is 0.770. The molecule has 2 N–H and O–H groups in total. The molecule has 0 radical (unpaired) electrons. The van der Waals surface area contributed by atoms with Gasteiger partial charge < -0.3 is 10.6 Å². The van der Waals surface area contributed by atoms with Crippen LogP contribution in [0.1, 0.15) is 5.56 Å². The van der Waals surface area contributed by atoms with Gasteiger partial charge in [0.05, 0.1) is 0 Å². The smallest absolute Gasteiger partial charge is 0.0393 e. The molecule has 90 valence electrons. The van der Waals surface area contributed by atoms with Gasteiger partial charge in [-0.15, -0.1) is 0 Å². The first kappa shape index (κ1) is 10.9. The van der Waals surface area contributed by atoms with Crippen LogP contribution < -0.4 is 5.73 Å². The largest absolute Gasteiger partial charge is 0.398 e. The molecule has 3 rings (SSSR count). The van der Waals surface area contributed by atoms with E-state index in [1.165, 1.54) is 16.5 Å². The molecular weight excluding hydrogens is 220 g/mol. The van der Waals surface area contributed by atoms with Crippen molar-refractivity contribution >= 4 is 22.0 Å². The van der Waals surface area contributed by atoms with Crippen LogP contribution in [0, 0.1) is 0 Å². The third-order valence-electron chi connectivity index (χ3n) is 3.37. The van der Waals surface area contributed by atoms with E-state index in [1.807, 2.05) is 12.1 Å². The average molecular weight is 236 g/mol. The maximum atomic E-state index is 6.03. The number of fused-ring (bicyclic) bond motifs is 1. The number of rotatable bonds is 1. The minimum atomic E-state index is 0.840. The Morgan fingerprint density at radius 1 is 1.06 bits per heavy atom. The van der Waals surface area contributed by atoms with Crippen molar-refractivity contribution in [3.63, 3.8) is 0 Å². The molecule has 0 aromatic heterocycles. The molecule has 0 amide bonds. The van der Waals surface area contributed by atoms with Crippen LogP contribution in [0.25, 0.3) is 16.3 Å². The summed E-state index contributed by atoms with van der Waals surface area (Å²) in [6, 6.07) is 12.4. The Kier molecular flexibility index (Phi) is 2.56. The van der Waals surface area contributed by atoms with E-state index in [9.17, 15) is 0 Å². The van der Waals surface area contributed by atoms with Crippen molar-refractivity contribution in [1.29, 1.82) is 0 Å². The second-order valence-corrected chi connectivity index (χ2v) is 4.66. The normalized spacial score (nSPS) is 14.9. The zero-order valence-electron chi connectivity index (χ0n) is 10.4. The first-order valence-corrected chi connectivity index (χ1v) is 6.12. The highest BCUT2D eigenvalue weighted by Crippen LogP contribution is 2.30. The van der Waals surface area contributed by atoms with Gasteiger partial charge in [-0.05, 0) is 34.9 Å². The number of benzene rings is 2. The molecule has 1 heterocycles. The predicted molar refractivity (Wildman–Crippen MR) is 78.1 cm³/mol. The van der Waals surface area contributed by atoms with E-state index >= 15 is 0 Å². The highest BCUT2D eigenvalue weighted by molar-refractivity contribution is 6.01. The molecule has 0 fully saturated rings. The lowest BCUT2D eigenvalue weighted by Crippen LogP contribution is -2.13. The molecule has 2 aromatic carbocycles. The predicted octanol–water partition coefficient (Wildman–Crippen LogP) is 3.26. The summed E-state index contributed by atoms with van der Waals surface area (Å²) in [4.78, 5) is 2.16. The van der Waals surface area contributed by atoms with Crippen LogP contribution in [0.15, 0.2) is 54.8 Å². The second-order valence-electron chi connectivity index (χ2n) is 4.66. The topological polar surface area (TPSA) is 29.3 Å². The van der Waals surface area contributed by atoms with E-state index in [4.69, 9.17) is 5.73 Å². The Morgan fingerprint density at radius 2 is 1.83 bits per heavy atom. The number of likely N-dealkylation sites (N-methyl/N-ethyl adjacent to an activating group) is 1. The molecule has 2 heteroatoms. The maximum absolute atomic E-state index is 6.03. The number of nitrogens with zero attached hydrogens (tertiary/aromatic N) is 1. The van der Waals surface area contributed by atoms with E-state index in [-0.39, 0.29) is 0 Å². The summed E-state index contributed by atoms with van der Waals surface area (Å²) >= 11 is 0. The van der Waals surface area contributed by atoms with Crippen LogP contribution in [0.3, 0.4) is 0 Å². The minimum absolute atomic E-state index is 0.840. The van der Waals surface area contributed by atoms with Crippen molar-refractivity contribution in [2.45, 2.75) is 0 Å². The van der Waals surface area contributed by atoms with Gasteiger partial charge in [-0.1, -0.05) is 36.4 Å². The van der Waals surface area contributed by atoms with Gasteiger partial charge in [0.2, 0.25) is 0 Å². The monoisotopic (exact) mass is 236 g/mol. The molecule has 0 saturated heterocycles. The van der Waals surface area contributed by atoms with Crippen molar-refractivity contribution < 1.29 is 0 Å². The van der Waals surface area contributed by atoms with E-state index < -0.39 is 0 Å². The van der Waals surface area contributed by atoms with Gasteiger partial charge in [0.15, 0.2) is 0 Å². The average Bonchev–Trinajstić information content (AvgIpc) is 2.40. The van der Waals surface area contributed by atoms with Gasteiger partial charge in [-0.3, -0.25) is 0 Å². The standard InChI is InChI=1S/C16H16N2/c1-18-10-8-12(9-11-18)13-4-2-6-15-14(13)5-3-7-16(15)17/h2-10H,11,17H2,1H3. The molecule has 0 aliphatic carbocycles. The minimum Gasteiger partial charge on any atom is -0.398 e. The number of allylic oxidation sites excluding steroid dienone is 2. The number of nitrogens with two attached hydrogens (primary N) is 1. The fourth-order valence-electron chi connectivity index (χ4n) is 2.36. The lowest BCUT2D eigenvalue weighted by Gasteiger charge is -2.18. The van der Waals surface area contributed by atoms with Crippen LogP contribution in [-0.2, 0) is 0 Å². The van der Waals surface area contributed by atoms with Gasteiger partial charge in [0.1, 0.15) is 0 Å². The van der Waals surface area contributed by atoms with Crippen LogP contribution in [-0.4, -0.2) is 18.5 Å². The Balaban J connectivity index is 2.19. The first-order chi connectivity index (χ1) is 8.75. The number of hydrogen-bond donors (Lipinski definition) is 1. The molecule has 18 heavy (non-hydrogen) atoms. The SMILES string of the molecule is CN1C=CC(c2cccc3c(N)cccc23)=CC1. The number of anilines is 1. The van der Waals surface area contributed by atoms with E-state index in [2.05, 4.69) is 54.6 Å². The van der Waals surface area contributed by atoms with Gasteiger partial charge in [-0.25, -0.2) is 0 Å². The summed E-state index contributed by atoms with van der Waals surface area (Å²) < 4.78 is 0. The summed E-state index contributed by atoms with van der Waals surface area (Å²) in [5, 5.41) is 2.35. The maximum Gasteiger partial charge on any atom is 0.0393 e. The zero-order chi connectivity index (χ0) is 12.5. The lowest BCUT2D eigenvalue weighted by molar-refractivity contribution is 0.506. The highest BCUT2D eigenvalue weighted by Gasteiger charge is 2.08. The van der Waals surface area contributed by atoms with Crippen LogP contribution in [0.5, 0.6) is 0 Å². The molecular formula is C16H16N2. The Hall–Kier alpha value is -2.22.